The molecule has 0 radical (unpaired) electrons. The predicted molar refractivity (Wildman–Crippen MR) is 221 cm³/mol. The second kappa shape index (κ2) is 21.2. The molecule has 62 heavy (non-hydrogen) atoms. The van der Waals surface area contributed by atoms with Crippen LogP contribution in [0.25, 0.3) is 0 Å². The summed E-state index contributed by atoms with van der Waals surface area (Å²) in [5, 5.41) is 60.3. The van der Waals surface area contributed by atoms with Crippen LogP contribution in [0.4, 0.5) is 4.79 Å². The van der Waals surface area contributed by atoms with Crippen LogP contribution in [0, 0.1) is 12.8 Å². The quantitative estimate of drug-likeness (QED) is 0.0733. The lowest BCUT2D eigenvalue weighted by molar-refractivity contribution is -0.307. The van der Waals surface area contributed by atoms with Gasteiger partial charge in [0.15, 0.2) is 12.6 Å². The molecule has 348 valence electrons. The molecule has 20 heteroatoms. The van der Waals surface area contributed by atoms with Gasteiger partial charge in [0, 0.05) is 23.7 Å². The van der Waals surface area contributed by atoms with Crippen molar-refractivity contribution < 1.29 is 73.1 Å². The van der Waals surface area contributed by atoms with Gasteiger partial charge in [0.25, 0.3) is 0 Å². The number of esters is 1. The Kier molecular flexibility index (Phi) is 16.8. The number of likely N-dealkylation sites (N-methyl/N-ethyl adjacent to an activating group) is 1. The van der Waals surface area contributed by atoms with Crippen molar-refractivity contribution in [2.45, 2.75) is 146 Å². The number of nitrogens with one attached hydrogen (secondary N) is 2. The lowest BCUT2D eigenvalue weighted by Gasteiger charge is -2.49. The van der Waals surface area contributed by atoms with E-state index < -0.39 is 90.7 Å². The molecule has 0 spiro atoms. The van der Waals surface area contributed by atoms with Gasteiger partial charge in [-0.1, -0.05) is 17.2 Å². The molecule has 1 amide bonds. The van der Waals surface area contributed by atoms with E-state index in [1.807, 2.05) is 0 Å². The van der Waals surface area contributed by atoms with Crippen LogP contribution in [0.3, 0.4) is 0 Å². The molecule has 1 saturated carbocycles. The van der Waals surface area contributed by atoms with Crippen molar-refractivity contribution in [2.24, 2.45) is 23.1 Å². The second-order valence-electron chi connectivity index (χ2n) is 17.0. The number of aliphatic carboxylic acids is 1. The van der Waals surface area contributed by atoms with Crippen LogP contribution in [-0.2, 0) is 46.2 Å². The van der Waals surface area contributed by atoms with Crippen LogP contribution in [0.5, 0.6) is 11.5 Å². The van der Waals surface area contributed by atoms with Crippen LogP contribution in [-0.4, -0.2) is 150 Å². The fourth-order valence-electron chi connectivity index (χ4n) is 8.74. The molecule has 4 aliphatic rings. The first kappa shape index (κ1) is 49.1. The van der Waals surface area contributed by atoms with Crippen molar-refractivity contribution in [3.8, 4) is 11.5 Å². The molecule has 13 N–H and O–H groups in total. The molecular weight excluding hydrogens is 814 g/mol. The number of aliphatic hydroxyl groups excluding tert-OH is 2. The summed E-state index contributed by atoms with van der Waals surface area (Å²) in [6.07, 6.45) is -3.65. The van der Waals surface area contributed by atoms with E-state index in [1.54, 1.807) is 40.0 Å². The Bertz CT molecular complexity index is 1830. The number of aliphatic hydroxyl groups is 3. The van der Waals surface area contributed by atoms with Crippen molar-refractivity contribution in [3.05, 3.63) is 45.6 Å². The molecule has 0 bridgehead atoms. The normalized spacial score (nSPS) is 33.4. The molecule has 2 saturated heterocycles. The van der Waals surface area contributed by atoms with Crippen molar-refractivity contribution in [1.82, 2.24) is 10.6 Å². The van der Waals surface area contributed by atoms with Crippen LogP contribution in [0.15, 0.2) is 23.3 Å². The first-order valence-electron chi connectivity index (χ1n) is 20.9. The molecule has 3 fully saturated rings. The topological polar surface area (TPSA) is 319 Å². The zero-order valence-corrected chi connectivity index (χ0v) is 36.2. The molecule has 5 rings (SSSR count). The number of alkyl carbamates (subject to hydrolysis) is 1. The summed E-state index contributed by atoms with van der Waals surface area (Å²) in [5.74, 6) is -2.27. The third-order valence-electron chi connectivity index (χ3n) is 12.2. The maximum atomic E-state index is 13.2. The Hall–Kier alpha value is -3.93. The van der Waals surface area contributed by atoms with E-state index in [0.717, 1.165) is 5.57 Å². The summed E-state index contributed by atoms with van der Waals surface area (Å²) in [7, 11) is 3.03. The highest BCUT2D eigenvalue weighted by atomic mass is 16.7. The molecule has 13 atom stereocenters. The monoisotopic (exact) mass is 879 g/mol. The summed E-state index contributed by atoms with van der Waals surface area (Å²) in [5.41, 5.74) is 20.3. The molecule has 1 aromatic rings. The molecule has 3 aliphatic heterocycles. The Balaban J connectivity index is 1.22. The second-order valence-corrected chi connectivity index (χ2v) is 17.0. The van der Waals surface area contributed by atoms with Gasteiger partial charge in [-0.05, 0) is 84.9 Å². The predicted octanol–water partition coefficient (Wildman–Crippen LogP) is 0.100. The van der Waals surface area contributed by atoms with Crippen LogP contribution >= 0.6 is 0 Å². The molecule has 1 aliphatic carbocycles. The SMILES string of the molecule is CNC1C(O)[C@@H](OC2C(NC(=O)OC/C=C(\C)CC(C/C(C)=C/Cc3c(O)c4c(c(C)c3OC)COC4=O)C(=O)O)CC(N)[C@@H](O[C@H]3OC(CN)CCC3N)[C@@H]2O)OC[C@]1(C)O. The number of ether oxygens (including phenoxy) is 7. The lowest BCUT2D eigenvalue weighted by atomic mass is 9.83. The van der Waals surface area contributed by atoms with Gasteiger partial charge in [0.05, 0.1) is 43.9 Å². The van der Waals surface area contributed by atoms with Gasteiger partial charge in [0.2, 0.25) is 0 Å². The smallest absolute Gasteiger partial charge is 0.407 e. The number of phenols is 1. The number of carboxylic acid groups (broad SMARTS) is 1. The molecular formula is C42H65N5O15. The number of allylic oxidation sites excluding steroid dienone is 3. The number of cyclic esters (lactones) is 1. The maximum Gasteiger partial charge on any atom is 0.407 e. The average molecular weight is 880 g/mol. The number of hydrogen-bond donors (Lipinski definition) is 10. The Labute approximate surface area is 361 Å². The average Bonchev–Trinajstić information content (AvgIpc) is 3.61. The van der Waals surface area contributed by atoms with Crippen LogP contribution in [0.1, 0.15) is 79.9 Å². The number of benzene rings is 1. The number of carboxylic acids is 1. The minimum Gasteiger partial charge on any atom is -0.507 e. The zero-order valence-electron chi connectivity index (χ0n) is 36.2. The highest BCUT2D eigenvalue weighted by Gasteiger charge is 2.52. The number of amides is 1. The third-order valence-corrected chi connectivity index (χ3v) is 12.2. The van der Waals surface area contributed by atoms with Crippen LogP contribution in [0.2, 0.25) is 0 Å². The van der Waals surface area contributed by atoms with Crippen molar-refractivity contribution >= 4 is 18.0 Å². The minimum atomic E-state index is -1.50. The van der Waals surface area contributed by atoms with E-state index >= 15 is 0 Å². The summed E-state index contributed by atoms with van der Waals surface area (Å²) in [6.45, 7) is 6.62. The first-order chi connectivity index (χ1) is 29.3. The van der Waals surface area contributed by atoms with Gasteiger partial charge in [-0.3, -0.25) is 4.79 Å². The fourth-order valence-corrected chi connectivity index (χ4v) is 8.74. The number of phenolic OH excluding ortho intramolecular Hbond substituents is 1. The zero-order chi connectivity index (χ0) is 45.6. The summed E-state index contributed by atoms with van der Waals surface area (Å²) in [4.78, 5) is 37.9. The van der Waals surface area contributed by atoms with E-state index in [0.29, 0.717) is 40.9 Å². The van der Waals surface area contributed by atoms with Crippen molar-refractivity contribution in [3.63, 3.8) is 0 Å². The highest BCUT2D eigenvalue weighted by Crippen LogP contribution is 2.42. The standard InChI is InChI=1S/C42H65N5O15/c1-19(7-9-24-30(48)29-25(17-58-38(29)53)21(3)33(24)56-6)13-22(37(51)52)14-20(2)11-12-57-41(54)47-28-15-27(45)34(61-39-26(44)10-8-23(16-43)60-39)31(49)35(28)62-40-32(50)36(46-5)42(4,55)18-59-40/h7,11,22-23,26-28,31-32,34-36,39-40,46,48-50,55H,8-10,12-18,43-45H2,1-6H3,(H,47,54)(H,51,52)/b19-7+,20-11+/t22?,23?,26?,27?,28?,31-,32?,34+,35?,36?,39+,40+,42-/m0/s1. The summed E-state index contributed by atoms with van der Waals surface area (Å²) >= 11 is 0. The Morgan fingerprint density at radius 3 is 2.35 bits per heavy atom. The summed E-state index contributed by atoms with van der Waals surface area (Å²) < 4.78 is 40.1. The van der Waals surface area contributed by atoms with Gasteiger partial charge in [-0.25, -0.2) is 9.59 Å². The number of methoxy groups -OCH3 is 1. The molecule has 20 nitrogen and oxygen atoms in total. The van der Waals surface area contributed by atoms with Gasteiger partial charge >= 0.3 is 18.0 Å². The van der Waals surface area contributed by atoms with E-state index in [4.69, 9.17) is 50.4 Å². The fraction of sp³-hybridized carbons (Fsp3) is 0.690. The number of carbonyl (C=O) groups excluding carboxylic acids is 2. The van der Waals surface area contributed by atoms with E-state index in [2.05, 4.69) is 10.6 Å². The largest absolute Gasteiger partial charge is 0.507 e. The molecule has 3 heterocycles. The summed E-state index contributed by atoms with van der Waals surface area (Å²) in [6, 6.07) is -3.23. The van der Waals surface area contributed by atoms with Crippen molar-refractivity contribution in [1.29, 1.82) is 0 Å². The van der Waals surface area contributed by atoms with Gasteiger partial charge < -0.3 is 86.5 Å². The Morgan fingerprint density at radius 2 is 1.71 bits per heavy atom. The van der Waals surface area contributed by atoms with Crippen molar-refractivity contribution in [2.75, 3.05) is 33.9 Å². The Morgan fingerprint density at radius 1 is 1.03 bits per heavy atom. The number of rotatable bonds is 17. The molecule has 1 aromatic carbocycles. The van der Waals surface area contributed by atoms with Crippen LogP contribution < -0.4 is 32.6 Å². The first-order valence-corrected chi connectivity index (χ1v) is 20.9. The van der Waals surface area contributed by atoms with E-state index in [-0.39, 0.29) is 69.5 Å². The number of fused-ring (bicyclic) bond motifs is 1. The molecule has 0 aromatic heterocycles. The minimum absolute atomic E-state index is 0.0206. The number of hydrogen-bond acceptors (Lipinski definition) is 18. The molecule has 8 unspecified atom stereocenters. The maximum absolute atomic E-state index is 13.2. The van der Waals surface area contributed by atoms with Gasteiger partial charge in [-0.15, -0.1) is 0 Å². The third kappa shape index (κ3) is 11.2. The number of aromatic hydroxyl groups is 1. The lowest BCUT2D eigenvalue weighted by Crippen LogP contribution is -2.69. The van der Waals surface area contributed by atoms with E-state index in [9.17, 15) is 39.9 Å². The highest BCUT2D eigenvalue weighted by molar-refractivity contribution is 5.98. The van der Waals surface area contributed by atoms with E-state index in [1.165, 1.54) is 14.0 Å². The number of nitrogens with two attached hydrogens (primary N) is 3. The van der Waals surface area contributed by atoms with Gasteiger partial charge in [-0.2, -0.15) is 0 Å². The van der Waals surface area contributed by atoms with Gasteiger partial charge in [0.1, 0.15) is 60.3 Å². The number of carbonyl (C=O) groups is 3.